The number of hydrogen-bond donors (Lipinski definition) is 3. The minimum Gasteiger partial charge on any atom is -0.360 e. The SMILES string of the molecule is C1=C2CC2(NC2NSC3=C(CCC4(CC4)C3)N2)C1. The van der Waals surface area contributed by atoms with Crippen molar-refractivity contribution in [2.45, 2.75) is 56.8 Å². The molecule has 2 fully saturated rings. The van der Waals surface area contributed by atoms with Gasteiger partial charge in [-0.15, -0.1) is 0 Å². The first-order valence-electron chi connectivity index (χ1n) is 7.15. The molecule has 0 radical (unpaired) electrons. The van der Waals surface area contributed by atoms with Crippen LogP contribution in [0.3, 0.4) is 0 Å². The van der Waals surface area contributed by atoms with E-state index in [1.807, 2.05) is 11.9 Å². The standard InChI is InChI=1S/C14H19N3S/c1-4-14(7-9(1)14)16-12-15-10-2-3-13(5-6-13)8-11(10)18-17-12/h1,12,15-17H,2-8H2. The van der Waals surface area contributed by atoms with Crippen molar-refractivity contribution in [1.82, 2.24) is 15.4 Å². The Morgan fingerprint density at radius 1 is 1.28 bits per heavy atom. The largest absolute Gasteiger partial charge is 0.360 e. The summed E-state index contributed by atoms with van der Waals surface area (Å²) < 4.78 is 3.54. The zero-order valence-electron chi connectivity index (χ0n) is 10.5. The third kappa shape index (κ3) is 1.40. The summed E-state index contributed by atoms with van der Waals surface area (Å²) in [6.45, 7) is 0. The van der Waals surface area contributed by atoms with Crippen LogP contribution in [0.1, 0.15) is 44.9 Å². The topological polar surface area (TPSA) is 36.1 Å². The van der Waals surface area contributed by atoms with Gasteiger partial charge in [0.1, 0.15) is 6.29 Å². The predicted molar refractivity (Wildman–Crippen MR) is 73.4 cm³/mol. The quantitative estimate of drug-likeness (QED) is 0.527. The van der Waals surface area contributed by atoms with Crippen molar-refractivity contribution in [3.05, 3.63) is 22.3 Å². The molecule has 0 aromatic heterocycles. The summed E-state index contributed by atoms with van der Waals surface area (Å²) in [5.74, 6) is 0. The second-order valence-corrected chi connectivity index (χ2v) is 7.65. The van der Waals surface area contributed by atoms with Gasteiger partial charge in [-0.2, -0.15) is 0 Å². The highest BCUT2D eigenvalue weighted by Gasteiger charge is 2.55. The van der Waals surface area contributed by atoms with E-state index in [4.69, 9.17) is 0 Å². The van der Waals surface area contributed by atoms with E-state index in [0.29, 0.717) is 11.0 Å². The summed E-state index contributed by atoms with van der Waals surface area (Å²) >= 11 is 1.88. The van der Waals surface area contributed by atoms with Crippen LogP contribution in [0.2, 0.25) is 0 Å². The van der Waals surface area contributed by atoms with Crippen molar-refractivity contribution in [3.8, 4) is 0 Å². The van der Waals surface area contributed by atoms with E-state index in [-0.39, 0.29) is 6.29 Å². The summed E-state index contributed by atoms with van der Waals surface area (Å²) in [6.07, 6.45) is 12.0. The van der Waals surface area contributed by atoms with Gasteiger partial charge in [0.05, 0.1) is 0 Å². The molecule has 2 saturated carbocycles. The minimum absolute atomic E-state index is 0.258. The average Bonchev–Trinajstić information content (AvgIpc) is 3.23. The molecule has 2 atom stereocenters. The second kappa shape index (κ2) is 3.17. The molecule has 4 heteroatoms. The van der Waals surface area contributed by atoms with Crippen molar-refractivity contribution in [1.29, 1.82) is 0 Å². The Bertz CT molecular complexity index is 487. The van der Waals surface area contributed by atoms with Crippen molar-refractivity contribution in [3.63, 3.8) is 0 Å². The van der Waals surface area contributed by atoms with Crippen molar-refractivity contribution >= 4 is 11.9 Å². The molecule has 5 aliphatic rings. The molecule has 3 N–H and O–H groups in total. The Morgan fingerprint density at radius 3 is 2.89 bits per heavy atom. The molecule has 0 amide bonds. The summed E-state index contributed by atoms with van der Waals surface area (Å²) in [4.78, 5) is 1.58. The zero-order valence-corrected chi connectivity index (χ0v) is 11.3. The normalized spacial score (nSPS) is 42.4. The Hall–Kier alpha value is -0.450. The average molecular weight is 261 g/mol. The van der Waals surface area contributed by atoms with Gasteiger partial charge in [-0.1, -0.05) is 11.6 Å². The number of allylic oxidation sites excluding steroid dienone is 2. The highest BCUT2D eigenvalue weighted by molar-refractivity contribution is 8.01. The highest BCUT2D eigenvalue weighted by atomic mass is 32.2. The van der Waals surface area contributed by atoms with Gasteiger partial charge in [0.2, 0.25) is 0 Å². The molecule has 18 heavy (non-hydrogen) atoms. The van der Waals surface area contributed by atoms with Crippen LogP contribution in [0.15, 0.2) is 22.3 Å². The van der Waals surface area contributed by atoms with E-state index < -0.39 is 0 Å². The molecule has 0 saturated heterocycles. The molecule has 1 aliphatic heterocycles. The van der Waals surface area contributed by atoms with Gasteiger partial charge in [0.25, 0.3) is 0 Å². The molecular formula is C14H19N3S. The lowest BCUT2D eigenvalue weighted by molar-refractivity contribution is 0.343. The van der Waals surface area contributed by atoms with Crippen molar-refractivity contribution < 1.29 is 0 Å². The Morgan fingerprint density at radius 2 is 2.22 bits per heavy atom. The van der Waals surface area contributed by atoms with Crippen LogP contribution in [0.5, 0.6) is 0 Å². The summed E-state index contributed by atoms with van der Waals surface area (Å²) in [7, 11) is 0. The van der Waals surface area contributed by atoms with Gasteiger partial charge in [-0.25, -0.2) is 4.72 Å². The van der Waals surface area contributed by atoms with E-state index in [2.05, 4.69) is 21.4 Å². The van der Waals surface area contributed by atoms with E-state index in [0.717, 1.165) is 0 Å². The third-order valence-electron chi connectivity index (χ3n) is 5.45. The summed E-state index contributed by atoms with van der Waals surface area (Å²) in [5, 5.41) is 7.41. The van der Waals surface area contributed by atoms with E-state index in [1.54, 1.807) is 10.5 Å². The Balaban J connectivity index is 1.30. The first-order valence-corrected chi connectivity index (χ1v) is 7.97. The zero-order chi connectivity index (χ0) is 11.8. The monoisotopic (exact) mass is 261 g/mol. The molecular weight excluding hydrogens is 242 g/mol. The predicted octanol–water partition coefficient (Wildman–Crippen LogP) is 2.35. The molecule has 1 spiro atoms. The first kappa shape index (κ1) is 10.4. The smallest absolute Gasteiger partial charge is 0.142 e. The lowest BCUT2D eigenvalue weighted by atomic mass is 9.89. The van der Waals surface area contributed by atoms with Crippen LogP contribution in [0, 0.1) is 5.41 Å². The molecule has 4 aliphatic carbocycles. The second-order valence-electron chi connectivity index (χ2n) is 6.71. The molecule has 0 bridgehead atoms. The van der Waals surface area contributed by atoms with E-state index in [9.17, 15) is 0 Å². The van der Waals surface area contributed by atoms with Crippen LogP contribution in [0.4, 0.5) is 0 Å². The molecule has 1 heterocycles. The molecule has 5 rings (SSSR count). The van der Waals surface area contributed by atoms with E-state index in [1.165, 1.54) is 50.6 Å². The first-order chi connectivity index (χ1) is 8.77. The maximum atomic E-state index is 3.73. The van der Waals surface area contributed by atoms with Gasteiger partial charge in [-0.3, -0.25) is 5.32 Å². The van der Waals surface area contributed by atoms with Crippen molar-refractivity contribution in [2.24, 2.45) is 5.41 Å². The maximum Gasteiger partial charge on any atom is 0.142 e. The molecule has 3 nitrogen and oxygen atoms in total. The Labute approximate surface area is 112 Å². The number of rotatable bonds is 2. The fourth-order valence-electron chi connectivity index (χ4n) is 3.72. The van der Waals surface area contributed by atoms with Gasteiger partial charge in [0, 0.05) is 16.1 Å². The van der Waals surface area contributed by atoms with Crippen LogP contribution in [0.25, 0.3) is 0 Å². The van der Waals surface area contributed by atoms with Crippen molar-refractivity contribution in [2.75, 3.05) is 0 Å². The number of fused-ring (bicyclic) bond motifs is 1. The highest BCUT2D eigenvalue weighted by Crippen LogP contribution is 2.59. The van der Waals surface area contributed by atoms with Crippen LogP contribution in [-0.4, -0.2) is 11.8 Å². The van der Waals surface area contributed by atoms with E-state index >= 15 is 0 Å². The fraction of sp³-hybridized carbons (Fsp3) is 0.714. The molecule has 0 aromatic carbocycles. The molecule has 2 unspecified atom stereocenters. The van der Waals surface area contributed by atoms with Crippen LogP contribution >= 0.6 is 11.9 Å². The fourth-order valence-corrected chi connectivity index (χ4v) is 4.76. The maximum absolute atomic E-state index is 3.73. The Kier molecular flexibility index (Phi) is 1.82. The summed E-state index contributed by atoms with van der Waals surface area (Å²) in [5.41, 5.74) is 4.23. The lowest BCUT2D eigenvalue weighted by Crippen LogP contribution is -2.57. The number of hydrogen-bond acceptors (Lipinski definition) is 4. The molecule has 0 aromatic rings. The minimum atomic E-state index is 0.258. The van der Waals surface area contributed by atoms with Gasteiger partial charge >= 0.3 is 0 Å². The van der Waals surface area contributed by atoms with Gasteiger partial charge in [-0.05, 0) is 62.3 Å². The van der Waals surface area contributed by atoms with Crippen LogP contribution in [-0.2, 0) is 0 Å². The van der Waals surface area contributed by atoms with Gasteiger partial charge < -0.3 is 5.32 Å². The van der Waals surface area contributed by atoms with Crippen LogP contribution < -0.4 is 15.4 Å². The van der Waals surface area contributed by atoms with Gasteiger partial charge in [0.15, 0.2) is 0 Å². The lowest BCUT2D eigenvalue weighted by Gasteiger charge is -2.37. The third-order valence-corrected chi connectivity index (χ3v) is 6.44. The summed E-state index contributed by atoms with van der Waals surface area (Å²) in [6, 6.07) is 0. The molecule has 96 valence electrons. The number of nitrogens with one attached hydrogen (secondary N) is 3.